The molecule has 0 amide bonds. The van der Waals surface area contributed by atoms with Crippen LogP contribution in [0.25, 0.3) is 0 Å². The molecule has 2 aliphatic rings. The standard InChI is InChI=1S/C20H24N4O2S/c25-27(26,18-7-2-1-3-8-18)24-17-9-10-19-15(13-17)5-4-6-16(19)14-23-20-21-11-12-22-20/h1-3,7-10,13,16,24H,4-6,11-12,14H2,(H2,21,22,23). The monoisotopic (exact) mass is 384 g/mol. The van der Waals surface area contributed by atoms with E-state index in [1.54, 1.807) is 30.3 Å². The van der Waals surface area contributed by atoms with Gasteiger partial charge in [-0.2, -0.15) is 0 Å². The number of aliphatic imine (C=N–C) groups is 1. The van der Waals surface area contributed by atoms with E-state index in [1.165, 1.54) is 11.1 Å². The molecule has 6 nitrogen and oxygen atoms in total. The molecule has 0 saturated heterocycles. The number of fused-ring (bicyclic) bond motifs is 1. The Morgan fingerprint density at radius 1 is 1.15 bits per heavy atom. The highest BCUT2D eigenvalue weighted by atomic mass is 32.2. The second kappa shape index (κ2) is 7.60. The van der Waals surface area contributed by atoms with Crippen molar-refractivity contribution in [1.82, 2.24) is 10.6 Å². The first-order valence-corrected chi connectivity index (χ1v) is 10.8. The Hall–Kier alpha value is -2.54. The molecule has 0 radical (unpaired) electrons. The van der Waals surface area contributed by atoms with Crippen LogP contribution in [-0.4, -0.2) is 34.0 Å². The van der Waals surface area contributed by atoms with Gasteiger partial charge in [-0.05, 0) is 54.7 Å². The molecule has 3 N–H and O–H groups in total. The van der Waals surface area contributed by atoms with Gasteiger partial charge in [0.15, 0.2) is 5.96 Å². The molecule has 0 aromatic heterocycles. The molecule has 0 fully saturated rings. The zero-order chi connectivity index (χ0) is 18.7. The lowest BCUT2D eigenvalue weighted by Crippen LogP contribution is -2.37. The van der Waals surface area contributed by atoms with E-state index in [-0.39, 0.29) is 4.90 Å². The molecule has 0 bridgehead atoms. The van der Waals surface area contributed by atoms with Gasteiger partial charge in [-0.3, -0.25) is 9.71 Å². The van der Waals surface area contributed by atoms with Crippen LogP contribution in [0.4, 0.5) is 5.69 Å². The Balaban J connectivity index is 1.49. The van der Waals surface area contributed by atoms with Gasteiger partial charge in [0.2, 0.25) is 0 Å². The third-order valence-corrected chi connectivity index (χ3v) is 6.47. The molecule has 1 heterocycles. The third-order valence-electron chi connectivity index (χ3n) is 5.08. The molecule has 1 unspecified atom stereocenters. The van der Waals surface area contributed by atoms with Gasteiger partial charge in [0, 0.05) is 24.7 Å². The van der Waals surface area contributed by atoms with Gasteiger partial charge in [-0.1, -0.05) is 24.3 Å². The number of aryl methyl sites for hydroxylation is 1. The largest absolute Gasteiger partial charge is 0.356 e. The highest BCUT2D eigenvalue weighted by Gasteiger charge is 2.22. The Morgan fingerprint density at radius 2 is 2.00 bits per heavy atom. The lowest BCUT2D eigenvalue weighted by molar-refractivity contribution is 0.541. The molecular weight excluding hydrogens is 360 g/mol. The molecule has 2 aromatic carbocycles. The zero-order valence-electron chi connectivity index (χ0n) is 15.1. The van der Waals surface area contributed by atoms with Gasteiger partial charge in [-0.15, -0.1) is 0 Å². The summed E-state index contributed by atoms with van der Waals surface area (Å²) in [5.74, 6) is 1.30. The maximum Gasteiger partial charge on any atom is 0.261 e. The van der Waals surface area contributed by atoms with Crippen molar-refractivity contribution in [2.45, 2.75) is 30.1 Å². The van der Waals surface area contributed by atoms with Gasteiger partial charge in [-0.25, -0.2) is 8.42 Å². The molecule has 142 valence electrons. The molecule has 1 aliphatic carbocycles. The number of nitrogens with one attached hydrogen (secondary N) is 3. The SMILES string of the molecule is O=S(=O)(Nc1ccc2c(c1)CCCC2CNC1=NCCN1)c1ccccc1. The van der Waals surface area contributed by atoms with Gasteiger partial charge in [0.05, 0.1) is 11.4 Å². The molecule has 2 aromatic rings. The topological polar surface area (TPSA) is 82.6 Å². The van der Waals surface area contributed by atoms with Crippen LogP contribution >= 0.6 is 0 Å². The van der Waals surface area contributed by atoms with Crippen molar-refractivity contribution >= 4 is 21.7 Å². The Bertz CT molecular complexity index is 942. The summed E-state index contributed by atoms with van der Waals surface area (Å²) < 4.78 is 27.8. The predicted molar refractivity (Wildman–Crippen MR) is 108 cm³/mol. The van der Waals surface area contributed by atoms with Gasteiger partial charge in [0.25, 0.3) is 10.0 Å². The number of benzene rings is 2. The molecule has 0 saturated carbocycles. The third kappa shape index (κ3) is 4.08. The predicted octanol–water partition coefficient (Wildman–Crippen LogP) is 2.46. The van der Waals surface area contributed by atoms with Crippen LogP contribution < -0.4 is 15.4 Å². The van der Waals surface area contributed by atoms with Crippen LogP contribution in [0, 0.1) is 0 Å². The van der Waals surface area contributed by atoms with Crippen LogP contribution in [0.5, 0.6) is 0 Å². The van der Waals surface area contributed by atoms with Crippen LogP contribution in [0.2, 0.25) is 0 Å². The maximum absolute atomic E-state index is 12.5. The van der Waals surface area contributed by atoms with E-state index < -0.39 is 10.0 Å². The highest BCUT2D eigenvalue weighted by Crippen LogP contribution is 2.33. The minimum absolute atomic E-state index is 0.273. The van der Waals surface area contributed by atoms with E-state index in [1.807, 2.05) is 12.1 Å². The highest BCUT2D eigenvalue weighted by molar-refractivity contribution is 7.92. The summed E-state index contributed by atoms with van der Waals surface area (Å²) in [5, 5.41) is 6.63. The molecule has 7 heteroatoms. The number of sulfonamides is 1. The minimum Gasteiger partial charge on any atom is -0.356 e. The summed E-state index contributed by atoms with van der Waals surface area (Å²) in [6.45, 7) is 2.57. The number of guanidine groups is 1. The molecule has 1 aliphatic heterocycles. The Morgan fingerprint density at radius 3 is 2.78 bits per heavy atom. The average molecular weight is 385 g/mol. The van der Waals surface area contributed by atoms with Crippen molar-refractivity contribution in [3.63, 3.8) is 0 Å². The van der Waals surface area contributed by atoms with Crippen molar-refractivity contribution < 1.29 is 8.42 Å². The van der Waals surface area contributed by atoms with Crippen molar-refractivity contribution in [3.05, 3.63) is 59.7 Å². The van der Waals surface area contributed by atoms with Crippen molar-refractivity contribution in [2.24, 2.45) is 4.99 Å². The fraction of sp³-hybridized carbons (Fsp3) is 0.350. The number of nitrogens with zero attached hydrogens (tertiary/aromatic N) is 1. The van der Waals surface area contributed by atoms with E-state index in [0.29, 0.717) is 11.6 Å². The lowest BCUT2D eigenvalue weighted by atomic mass is 9.82. The quantitative estimate of drug-likeness (QED) is 0.740. The molecule has 27 heavy (non-hydrogen) atoms. The number of hydrogen-bond donors (Lipinski definition) is 3. The summed E-state index contributed by atoms with van der Waals surface area (Å²) in [6, 6.07) is 14.4. The summed E-state index contributed by atoms with van der Waals surface area (Å²) >= 11 is 0. The van der Waals surface area contributed by atoms with E-state index in [0.717, 1.165) is 44.9 Å². The first-order valence-electron chi connectivity index (χ1n) is 9.35. The van der Waals surface area contributed by atoms with Crippen molar-refractivity contribution in [3.8, 4) is 0 Å². The maximum atomic E-state index is 12.5. The number of rotatable bonds is 5. The van der Waals surface area contributed by atoms with Crippen molar-refractivity contribution in [2.75, 3.05) is 24.4 Å². The minimum atomic E-state index is -3.56. The Labute approximate surface area is 160 Å². The first-order chi connectivity index (χ1) is 13.1. The first kappa shape index (κ1) is 17.9. The molecule has 4 rings (SSSR count). The fourth-order valence-electron chi connectivity index (χ4n) is 3.74. The summed E-state index contributed by atoms with van der Waals surface area (Å²) in [5.41, 5.74) is 3.14. The number of hydrogen-bond acceptors (Lipinski definition) is 5. The second-order valence-electron chi connectivity index (χ2n) is 6.96. The van der Waals surface area contributed by atoms with Gasteiger partial charge < -0.3 is 10.6 Å². The van der Waals surface area contributed by atoms with Crippen molar-refractivity contribution in [1.29, 1.82) is 0 Å². The average Bonchev–Trinajstić information content (AvgIpc) is 3.20. The van der Waals surface area contributed by atoms with E-state index in [2.05, 4.69) is 26.4 Å². The van der Waals surface area contributed by atoms with Gasteiger partial charge >= 0.3 is 0 Å². The normalized spacial score (nSPS) is 19.0. The summed E-state index contributed by atoms with van der Waals surface area (Å²) in [6.07, 6.45) is 3.21. The second-order valence-corrected chi connectivity index (χ2v) is 8.64. The van der Waals surface area contributed by atoms with Crippen LogP contribution in [0.15, 0.2) is 58.4 Å². The number of anilines is 1. The van der Waals surface area contributed by atoms with E-state index >= 15 is 0 Å². The molecule has 1 atom stereocenters. The smallest absolute Gasteiger partial charge is 0.261 e. The van der Waals surface area contributed by atoms with Crippen LogP contribution in [0.1, 0.15) is 29.9 Å². The van der Waals surface area contributed by atoms with Crippen LogP contribution in [-0.2, 0) is 16.4 Å². The fourth-order valence-corrected chi connectivity index (χ4v) is 4.81. The van der Waals surface area contributed by atoms with Crippen LogP contribution in [0.3, 0.4) is 0 Å². The van der Waals surface area contributed by atoms with Gasteiger partial charge in [0.1, 0.15) is 0 Å². The molecular formula is C20H24N4O2S. The van der Waals surface area contributed by atoms with E-state index in [9.17, 15) is 8.42 Å². The Kier molecular flexibility index (Phi) is 5.03. The summed E-state index contributed by atoms with van der Waals surface area (Å²) in [7, 11) is -3.56. The zero-order valence-corrected chi connectivity index (χ0v) is 15.9. The molecule has 0 spiro atoms. The lowest BCUT2D eigenvalue weighted by Gasteiger charge is -2.26. The van der Waals surface area contributed by atoms with E-state index in [4.69, 9.17) is 0 Å². The summed E-state index contributed by atoms with van der Waals surface area (Å²) in [4.78, 5) is 4.65.